The van der Waals surface area contributed by atoms with Gasteiger partial charge in [0.15, 0.2) is 0 Å². The van der Waals surface area contributed by atoms with Gasteiger partial charge in [-0.05, 0) is 65.9 Å². The molecule has 1 heterocycles. The molecule has 1 saturated heterocycles. The van der Waals surface area contributed by atoms with Crippen LogP contribution in [0.4, 0.5) is 0 Å². The third kappa shape index (κ3) is 5.81. The van der Waals surface area contributed by atoms with E-state index in [0.717, 1.165) is 22.3 Å². The Morgan fingerprint density at radius 3 is 2.32 bits per heavy atom. The number of phenols is 1. The van der Waals surface area contributed by atoms with Crippen molar-refractivity contribution in [2.24, 2.45) is 5.16 Å². The summed E-state index contributed by atoms with van der Waals surface area (Å²) in [5, 5.41) is 26.6. The van der Waals surface area contributed by atoms with Gasteiger partial charge in [-0.2, -0.15) is 0 Å². The SMILES string of the molecule is CO/N=C1/C[C@@H](C(=O)NCC(O)c2ccc(O)cc2)N(C(=O)c2ccc(-c3c(C)cccc3C)cc2)C1. The minimum Gasteiger partial charge on any atom is -0.508 e. The van der Waals surface area contributed by atoms with Crippen LogP contribution in [0.3, 0.4) is 0 Å². The van der Waals surface area contributed by atoms with Gasteiger partial charge in [-0.1, -0.05) is 47.6 Å². The monoisotopic (exact) mass is 501 g/mol. The summed E-state index contributed by atoms with van der Waals surface area (Å²) in [5.74, 6) is -0.583. The zero-order valence-corrected chi connectivity index (χ0v) is 21.1. The van der Waals surface area contributed by atoms with Gasteiger partial charge in [0, 0.05) is 18.5 Å². The minimum absolute atomic E-state index is 0.0383. The van der Waals surface area contributed by atoms with Gasteiger partial charge in [0.25, 0.3) is 5.91 Å². The third-order valence-corrected chi connectivity index (χ3v) is 6.59. The first-order chi connectivity index (χ1) is 17.8. The number of rotatable bonds is 7. The molecule has 2 amide bonds. The van der Waals surface area contributed by atoms with Gasteiger partial charge in [-0.25, -0.2) is 0 Å². The number of amides is 2. The molecule has 0 bridgehead atoms. The Labute approximate surface area is 216 Å². The fraction of sp³-hybridized carbons (Fsp3) is 0.276. The molecule has 3 aromatic carbocycles. The van der Waals surface area contributed by atoms with Crippen LogP contribution in [0.2, 0.25) is 0 Å². The number of nitrogens with zero attached hydrogens (tertiary/aromatic N) is 2. The molecule has 1 aliphatic heterocycles. The molecule has 0 spiro atoms. The Hall–Kier alpha value is -4.17. The first-order valence-corrected chi connectivity index (χ1v) is 12.1. The topological polar surface area (TPSA) is 111 Å². The molecule has 1 unspecified atom stereocenters. The van der Waals surface area contributed by atoms with E-state index in [1.165, 1.54) is 24.1 Å². The minimum atomic E-state index is -0.959. The lowest BCUT2D eigenvalue weighted by atomic mass is 9.95. The smallest absolute Gasteiger partial charge is 0.254 e. The van der Waals surface area contributed by atoms with E-state index in [2.05, 4.69) is 36.5 Å². The number of likely N-dealkylation sites (tertiary alicyclic amines) is 1. The van der Waals surface area contributed by atoms with Crippen molar-refractivity contribution in [2.45, 2.75) is 32.4 Å². The number of aryl methyl sites for hydroxylation is 2. The maximum absolute atomic E-state index is 13.5. The van der Waals surface area contributed by atoms with Gasteiger partial charge >= 0.3 is 0 Å². The predicted octanol–water partition coefficient (Wildman–Crippen LogP) is 3.74. The number of oxime groups is 1. The molecular formula is C29H31N3O5. The average molecular weight is 502 g/mol. The van der Waals surface area contributed by atoms with Gasteiger partial charge in [0.05, 0.1) is 18.4 Å². The normalized spacial score (nSPS) is 17.0. The lowest BCUT2D eigenvalue weighted by Crippen LogP contribution is -2.46. The molecule has 0 saturated carbocycles. The second-order valence-electron chi connectivity index (χ2n) is 9.19. The summed E-state index contributed by atoms with van der Waals surface area (Å²) in [6.45, 7) is 4.25. The summed E-state index contributed by atoms with van der Waals surface area (Å²) in [7, 11) is 1.42. The first-order valence-electron chi connectivity index (χ1n) is 12.1. The maximum Gasteiger partial charge on any atom is 0.254 e. The summed E-state index contributed by atoms with van der Waals surface area (Å²) in [4.78, 5) is 32.9. The molecule has 1 aliphatic rings. The molecule has 192 valence electrons. The number of nitrogens with one attached hydrogen (secondary N) is 1. The molecule has 3 aromatic rings. The molecule has 2 atom stereocenters. The Kier molecular flexibility index (Phi) is 7.89. The Bertz CT molecular complexity index is 1280. The summed E-state index contributed by atoms with van der Waals surface area (Å²) < 4.78 is 0. The molecule has 1 fully saturated rings. The van der Waals surface area contributed by atoms with Crippen LogP contribution in [0.1, 0.15) is 39.6 Å². The fourth-order valence-electron chi connectivity index (χ4n) is 4.69. The van der Waals surface area contributed by atoms with E-state index in [9.17, 15) is 19.8 Å². The number of carbonyl (C=O) groups is 2. The number of hydrogen-bond donors (Lipinski definition) is 3. The highest BCUT2D eigenvalue weighted by Gasteiger charge is 2.38. The van der Waals surface area contributed by atoms with Crippen LogP contribution in [0.5, 0.6) is 5.75 Å². The molecular weight excluding hydrogens is 470 g/mol. The van der Waals surface area contributed by atoms with Crippen molar-refractivity contribution in [3.05, 3.63) is 89.0 Å². The second kappa shape index (κ2) is 11.3. The molecule has 8 nitrogen and oxygen atoms in total. The van der Waals surface area contributed by atoms with Crippen molar-refractivity contribution in [1.29, 1.82) is 0 Å². The molecule has 4 rings (SSSR count). The van der Waals surface area contributed by atoms with Crippen molar-refractivity contribution in [2.75, 3.05) is 20.2 Å². The molecule has 37 heavy (non-hydrogen) atoms. The number of carbonyl (C=O) groups excluding carboxylic acids is 2. The van der Waals surface area contributed by atoms with Crippen molar-refractivity contribution < 1.29 is 24.6 Å². The Balaban J connectivity index is 1.49. The van der Waals surface area contributed by atoms with Crippen LogP contribution in [0.15, 0.2) is 71.9 Å². The zero-order valence-electron chi connectivity index (χ0n) is 21.1. The molecule has 3 N–H and O–H groups in total. The van der Waals surface area contributed by atoms with Gasteiger partial charge < -0.3 is 25.3 Å². The number of hydrogen-bond acceptors (Lipinski definition) is 6. The van der Waals surface area contributed by atoms with E-state index in [0.29, 0.717) is 16.8 Å². The van der Waals surface area contributed by atoms with Crippen molar-refractivity contribution in [3.8, 4) is 16.9 Å². The molecule has 0 aromatic heterocycles. The van der Waals surface area contributed by atoms with Gasteiger partial charge in [0.1, 0.15) is 18.9 Å². The van der Waals surface area contributed by atoms with Gasteiger partial charge in [-0.15, -0.1) is 0 Å². The van der Waals surface area contributed by atoms with Crippen molar-refractivity contribution >= 4 is 17.5 Å². The van der Waals surface area contributed by atoms with Crippen LogP contribution in [0.25, 0.3) is 11.1 Å². The van der Waals surface area contributed by atoms with E-state index in [4.69, 9.17) is 4.84 Å². The lowest BCUT2D eigenvalue weighted by molar-refractivity contribution is -0.125. The van der Waals surface area contributed by atoms with Crippen LogP contribution < -0.4 is 5.32 Å². The van der Waals surface area contributed by atoms with Gasteiger partial charge in [-0.3, -0.25) is 9.59 Å². The summed E-state index contributed by atoms with van der Waals surface area (Å²) in [6.07, 6.45) is -0.721. The van der Waals surface area contributed by atoms with E-state index in [1.54, 1.807) is 24.3 Å². The highest BCUT2D eigenvalue weighted by molar-refractivity contribution is 6.05. The quantitative estimate of drug-likeness (QED) is 0.427. The van der Waals surface area contributed by atoms with E-state index in [1.807, 2.05) is 18.2 Å². The molecule has 0 aliphatic carbocycles. The number of aliphatic hydroxyl groups excluding tert-OH is 1. The average Bonchev–Trinajstić information content (AvgIpc) is 3.31. The number of benzene rings is 3. The summed E-state index contributed by atoms with van der Waals surface area (Å²) in [5.41, 5.74) is 6.09. The second-order valence-corrected chi connectivity index (χ2v) is 9.19. The van der Waals surface area contributed by atoms with Crippen LogP contribution >= 0.6 is 0 Å². The molecule has 8 heteroatoms. The fourth-order valence-corrected chi connectivity index (χ4v) is 4.69. The molecule has 0 radical (unpaired) electrons. The van der Waals surface area contributed by atoms with Crippen molar-refractivity contribution in [1.82, 2.24) is 10.2 Å². The highest BCUT2D eigenvalue weighted by atomic mass is 16.6. The Morgan fingerprint density at radius 2 is 1.70 bits per heavy atom. The number of aliphatic hydroxyl groups is 1. The number of phenolic OH excluding ortho intramolecular Hbond substituents is 1. The zero-order chi connectivity index (χ0) is 26.5. The van der Waals surface area contributed by atoms with E-state index < -0.39 is 12.1 Å². The predicted molar refractivity (Wildman–Crippen MR) is 141 cm³/mol. The van der Waals surface area contributed by atoms with Crippen LogP contribution in [0, 0.1) is 13.8 Å². The van der Waals surface area contributed by atoms with E-state index in [-0.39, 0.29) is 37.1 Å². The summed E-state index contributed by atoms with van der Waals surface area (Å²) >= 11 is 0. The highest BCUT2D eigenvalue weighted by Crippen LogP contribution is 2.28. The largest absolute Gasteiger partial charge is 0.508 e. The summed E-state index contributed by atoms with van der Waals surface area (Å²) in [6, 6.07) is 18.9. The first kappa shape index (κ1) is 25.9. The van der Waals surface area contributed by atoms with Gasteiger partial charge in [0.2, 0.25) is 5.91 Å². The maximum atomic E-state index is 13.5. The number of aromatic hydroxyl groups is 1. The van der Waals surface area contributed by atoms with Crippen LogP contribution in [-0.4, -0.2) is 58.9 Å². The Morgan fingerprint density at radius 1 is 1.05 bits per heavy atom. The van der Waals surface area contributed by atoms with Crippen molar-refractivity contribution in [3.63, 3.8) is 0 Å². The third-order valence-electron chi connectivity index (χ3n) is 6.59. The standard InChI is InChI=1S/C29H31N3O5/c1-18-5-4-6-19(2)27(18)21-7-9-22(10-8-21)29(36)32-17-23(31-37-3)15-25(32)28(35)30-16-26(34)20-11-13-24(33)14-12-20/h4-14,25-26,33-34H,15-17H2,1-3H3,(H,30,35)/b31-23-/t25-,26?/m0/s1. The van der Waals surface area contributed by atoms with Crippen LogP contribution in [-0.2, 0) is 9.63 Å². The lowest BCUT2D eigenvalue weighted by Gasteiger charge is -2.24. The van der Waals surface area contributed by atoms with E-state index >= 15 is 0 Å².